The van der Waals surface area contributed by atoms with Gasteiger partial charge >= 0.3 is 0 Å². The lowest BCUT2D eigenvalue weighted by molar-refractivity contribution is -0.146. The molecule has 8 atom stereocenters. The van der Waals surface area contributed by atoms with E-state index >= 15 is 0 Å². The summed E-state index contributed by atoms with van der Waals surface area (Å²) in [7, 11) is 0. The molecule has 0 N–H and O–H groups in total. The number of rotatable bonds is 6. The van der Waals surface area contributed by atoms with Crippen LogP contribution < -0.4 is 0 Å². The van der Waals surface area contributed by atoms with Gasteiger partial charge in [-0.05, 0) is 72.6 Å². The molecule has 6 aliphatic rings. The summed E-state index contributed by atoms with van der Waals surface area (Å²) in [5.41, 5.74) is -3.03. The van der Waals surface area contributed by atoms with E-state index in [1.54, 1.807) is 0 Å². The Bertz CT molecular complexity index is 838. The zero-order chi connectivity index (χ0) is 23.6. The number of amides is 4. The largest absolute Gasteiger partial charge is 0.373 e. The Kier molecular flexibility index (Phi) is 4.24. The van der Waals surface area contributed by atoms with Crippen LogP contribution in [0.25, 0.3) is 0 Å². The average molecular weight is 459 g/mol. The van der Waals surface area contributed by atoms with Gasteiger partial charge in [-0.2, -0.15) is 0 Å². The molecule has 0 spiro atoms. The topological polar surface area (TPSA) is 93.2 Å². The van der Waals surface area contributed by atoms with E-state index in [-0.39, 0.29) is 48.0 Å². The summed E-state index contributed by atoms with van der Waals surface area (Å²) in [5, 5.41) is 0. The first-order valence-corrected chi connectivity index (χ1v) is 12.6. The highest BCUT2D eigenvalue weighted by atomic mass is 16.5. The van der Waals surface area contributed by atoms with Crippen molar-refractivity contribution in [1.29, 1.82) is 0 Å². The van der Waals surface area contributed by atoms with E-state index in [1.165, 1.54) is 9.80 Å². The van der Waals surface area contributed by atoms with E-state index in [2.05, 4.69) is 0 Å². The van der Waals surface area contributed by atoms with Crippen molar-refractivity contribution in [1.82, 2.24) is 9.80 Å². The van der Waals surface area contributed by atoms with Crippen LogP contribution in [0, 0.1) is 21.7 Å². The highest BCUT2D eigenvalue weighted by molar-refractivity contribution is 6.11. The minimum Gasteiger partial charge on any atom is -0.373 e. The number of carbonyl (C=O) groups excluding carboxylic acids is 4. The number of nitrogens with zero attached hydrogens (tertiary/aromatic N) is 2. The standard InChI is InChI=1S/C25H34N2O6/c1-22-14-8-9-15(32-14)23(22,2)19(29)26(18(22)28)12-6-5-7-13-27-20(30)24(3)16-10-11-17(33-16)25(24,4)21(27)31/h14-17H,5-13H2,1-4H3/t14-,15+,16-,17+,22+,23-,24+,25-. The van der Waals surface area contributed by atoms with Gasteiger partial charge in [-0.1, -0.05) is 0 Å². The molecular weight excluding hydrogens is 424 g/mol. The molecule has 6 rings (SSSR count). The van der Waals surface area contributed by atoms with Gasteiger partial charge in [-0.3, -0.25) is 29.0 Å². The molecule has 6 heterocycles. The Morgan fingerprint density at radius 2 is 0.848 bits per heavy atom. The molecule has 6 aliphatic heterocycles. The maximum Gasteiger partial charge on any atom is 0.238 e. The Hall–Kier alpha value is -1.80. The lowest BCUT2D eigenvalue weighted by atomic mass is 9.59. The van der Waals surface area contributed by atoms with Gasteiger partial charge in [-0.15, -0.1) is 0 Å². The predicted octanol–water partition coefficient (Wildman–Crippen LogP) is 2.04. The molecule has 33 heavy (non-hydrogen) atoms. The fraction of sp³-hybridized carbons (Fsp3) is 0.840. The van der Waals surface area contributed by atoms with Crippen molar-refractivity contribution >= 4 is 23.6 Å². The maximum absolute atomic E-state index is 13.2. The first-order valence-electron chi connectivity index (χ1n) is 12.6. The summed E-state index contributed by atoms with van der Waals surface area (Å²) in [5.74, 6) is -0.403. The van der Waals surface area contributed by atoms with Crippen LogP contribution in [0.5, 0.6) is 0 Å². The number of likely N-dealkylation sites (tertiary alicyclic amines) is 2. The average Bonchev–Trinajstić information content (AvgIpc) is 3.59. The van der Waals surface area contributed by atoms with Gasteiger partial charge in [0.2, 0.25) is 23.6 Å². The van der Waals surface area contributed by atoms with Crippen molar-refractivity contribution in [2.24, 2.45) is 21.7 Å². The quantitative estimate of drug-likeness (QED) is 0.447. The second-order valence-corrected chi connectivity index (χ2v) is 11.8. The third-order valence-electron chi connectivity index (χ3n) is 10.8. The van der Waals surface area contributed by atoms with Crippen LogP contribution in [0.3, 0.4) is 0 Å². The maximum atomic E-state index is 13.2. The normalized spacial score (nSPS) is 49.7. The Balaban J connectivity index is 1.06. The molecule has 6 saturated heterocycles. The summed E-state index contributed by atoms with van der Waals surface area (Å²) < 4.78 is 12.0. The van der Waals surface area contributed by atoms with Crippen molar-refractivity contribution < 1.29 is 28.7 Å². The van der Waals surface area contributed by atoms with Crippen molar-refractivity contribution in [3.63, 3.8) is 0 Å². The monoisotopic (exact) mass is 458 g/mol. The molecule has 0 aromatic heterocycles. The minimum atomic E-state index is -0.758. The van der Waals surface area contributed by atoms with Crippen LogP contribution >= 0.6 is 0 Å². The second-order valence-electron chi connectivity index (χ2n) is 11.8. The van der Waals surface area contributed by atoms with Crippen LogP contribution in [0.4, 0.5) is 0 Å². The lowest BCUT2D eigenvalue weighted by Gasteiger charge is -2.36. The molecule has 0 aromatic carbocycles. The summed E-state index contributed by atoms with van der Waals surface area (Å²) >= 11 is 0. The molecule has 8 nitrogen and oxygen atoms in total. The van der Waals surface area contributed by atoms with E-state index in [4.69, 9.17) is 9.47 Å². The first kappa shape index (κ1) is 21.7. The third kappa shape index (κ3) is 2.13. The summed E-state index contributed by atoms with van der Waals surface area (Å²) in [6, 6.07) is 0. The van der Waals surface area contributed by atoms with Crippen LogP contribution in [0.1, 0.15) is 72.6 Å². The van der Waals surface area contributed by atoms with Crippen molar-refractivity contribution in [2.75, 3.05) is 13.1 Å². The molecule has 0 aromatic rings. The molecule has 8 heteroatoms. The lowest BCUT2D eigenvalue weighted by Crippen LogP contribution is -2.48. The van der Waals surface area contributed by atoms with E-state index in [0.717, 1.165) is 32.1 Å². The zero-order valence-corrected chi connectivity index (χ0v) is 20.0. The van der Waals surface area contributed by atoms with E-state index in [1.807, 2.05) is 27.7 Å². The molecule has 0 saturated carbocycles. The summed E-state index contributed by atoms with van der Waals surface area (Å²) in [4.78, 5) is 55.8. The highest BCUT2D eigenvalue weighted by Gasteiger charge is 2.78. The van der Waals surface area contributed by atoms with Gasteiger partial charge in [0.05, 0.1) is 46.1 Å². The Labute approximate surface area is 194 Å². The zero-order valence-electron chi connectivity index (χ0n) is 20.0. The van der Waals surface area contributed by atoms with E-state index in [0.29, 0.717) is 25.9 Å². The SMILES string of the molecule is C[C@@]12C(=O)N(CCCCCN3C(=O)[C@@]4(C)[C@@H]5CC[C@@H](O5)[C@@]4(C)C3=O)C(=O)[C@]1(C)[C@H]1CC[C@@H]2O1. The Morgan fingerprint density at radius 3 is 1.12 bits per heavy atom. The van der Waals surface area contributed by atoms with Gasteiger partial charge in [0.25, 0.3) is 0 Å². The number of hydrogen-bond acceptors (Lipinski definition) is 6. The number of carbonyl (C=O) groups is 4. The fourth-order valence-electron chi connectivity index (χ4n) is 8.18. The Morgan fingerprint density at radius 1 is 0.576 bits per heavy atom. The molecule has 0 aliphatic carbocycles. The van der Waals surface area contributed by atoms with Crippen LogP contribution in [-0.4, -0.2) is 70.9 Å². The van der Waals surface area contributed by atoms with Gasteiger partial charge < -0.3 is 9.47 Å². The van der Waals surface area contributed by atoms with Gasteiger partial charge in [0.1, 0.15) is 0 Å². The molecular formula is C25H34N2O6. The number of ether oxygens (including phenoxy) is 2. The second kappa shape index (κ2) is 6.45. The van der Waals surface area contributed by atoms with Crippen molar-refractivity contribution in [3.8, 4) is 0 Å². The van der Waals surface area contributed by atoms with Crippen LogP contribution in [0.2, 0.25) is 0 Å². The van der Waals surface area contributed by atoms with Crippen LogP contribution in [0.15, 0.2) is 0 Å². The summed E-state index contributed by atoms with van der Waals surface area (Å²) in [6.07, 6.45) is 4.77. The molecule has 180 valence electrons. The molecule has 4 bridgehead atoms. The van der Waals surface area contributed by atoms with Gasteiger partial charge in [-0.25, -0.2) is 0 Å². The molecule has 0 radical (unpaired) electrons. The van der Waals surface area contributed by atoms with Crippen molar-refractivity contribution in [2.45, 2.75) is 97.1 Å². The smallest absolute Gasteiger partial charge is 0.238 e. The predicted molar refractivity (Wildman–Crippen MR) is 116 cm³/mol. The molecule has 0 unspecified atom stereocenters. The van der Waals surface area contributed by atoms with Crippen molar-refractivity contribution in [3.05, 3.63) is 0 Å². The van der Waals surface area contributed by atoms with Crippen LogP contribution in [-0.2, 0) is 28.7 Å². The van der Waals surface area contributed by atoms with E-state index < -0.39 is 21.7 Å². The molecule has 6 fully saturated rings. The first-order chi connectivity index (χ1) is 15.5. The fourth-order valence-corrected chi connectivity index (χ4v) is 8.18. The third-order valence-corrected chi connectivity index (χ3v) is 10.8. The van der Waals surface area contributed by atoms with Gasteiger partial charge in [0.15, 0.2) is 0 Å². The number of imide groups is 2. The van der Waals surface area contributed by atoms with E-state index in [9.17, 15) is 19.2 Å². The number of fused-ring (bicyclic) bond motifs is 10. The molecule has 4 amide bonds. The number of unbranched alkanes of at least 4 members (excludes halogenated alkanes) is 2. The van der Waals surface area contributed by atoms with Gasteiger partial charge in [0, 0.05) is 13.1 Å². The summed E-state index contributed by atoms with van der Waals surface area (Å²) in [6.45, 7) is 8.37. The highest BCUT2D eigenvalue weighted by Crippen LogP contribution is 2.65. The minimum absolute atomic E-state index is 0.101. The number of hydrogen-bond donors (Lipinski definition) is 0.